The first-order valence-electron chi connectivity index (χ1n) is 5.32. The second-order valence-corrected chi connectivity index (χ2v) is 2.87. The predicted molar refractivity (Wildman–Crippen MR) is 61.6 cm³/mol. The lowest BCUT2D eigenvalue weighted by atomic mass is 10.5. The molecule has 0 saturated heterocycles. The van der Waals surface area contributed by atoms with E-state index in [-0.39, 0.29) is 11.9 Å². The van der Waals surface area contributed by atoms with E-state index in [0.29, 0.717) is 32.7 Å². The molecule has 0 rings (SSSR count). The second kappa shape index (κ2) is 14.9. The Kier molecular flexibility index (Phi) is 15.9. The molecule has 0 aliphatic rings. The molecule has 0 saturated carbocycles. The molecule has 102 valence electrons. The molecule has 0 heterocycles. The maximum absolute atomic E-state index is 10.5. The summed E-state index contributed by atoms with van der Waals surface area (Å²) in [5.41, 5.74) is 0. The van der Waals surface area contributed by atoms with Gasteiger partial charge in [0, 0.05) is 14.2 Å². The maximum Gasteiger partial charge on any atom is 0.308 e. The van der Waals surface area contributed by atoms with E-state index in [9.17, 15) is 9.59 Å². The zero-order valence-corrected chi connectivity index (χ0v) is 11.0. The number of hydrogen-bond acceptors (Lipinski definition) is 6. The molecule has 0 radical (unpaired) electrons. The molecule has 6 nitrogen and oxygen atoms in total. The summed E-state index contributed by atoms with van der Waals surface area (Å²) in [7, 11) is 4.46. The average Bonchev–Trinajstić information content (AvgIpc) is 2.34. The molecule has 0 aromatic heterocycles. The van der Waals surface area contributed by atoms with Gasteiger partial charge in [-0.3, -0.25) is 9.59 Å². The van der Waals surface area contributed by atoms with Gasteiger partial charge in [0.15, 0.2) is 0 Å². The maximum atomic E-state index is 10.5. The number of ether oxygens (including phenoxy) is 4. The van der Waals surface area contributed by atoms with Gasteiger partial charge >= 0.3 is 11.9 Å². The van der Waals surface area contributed by atoms with Crippen LogP contribution < -0.4 is 0 Å². The van der Waals surface area contributed by atoms with Crippen LogP contribution in [0.1, 0.15) is 19.8 Å². The molecule has 0 unspecified atom stereocenters. The minimum atomic E-state index is -0.230. The molecular weight excluding hydrogens is 228 g/mol. The Hall–Kier alpha value is -1.14. The van der Waals surface area contributed by atoms with Gasteiger partial charge in [0.1, 0.15) is 0 Å². The van der Waals surface area contributed by atoms with Crippen LogP contribution in [0.25, 0.3) is 0 Å². The summed E-state index contributed by atoms with van der Waals surface area (Å²) in [4.78, 5) is 20.8. The summed E-state index contributed by atoms with van der Waals surface area (Å²) in [6.07, 6.45) is 0.692. The van der Waals surface area contributed by atoms with E-state index in [0.717, 1.165) is 0 Å². The van der Waals surface area contributed by atoms with E-state index in [1.165, 1.54) is 7.11 Å². The van der Waals surface area contributed by atoms with Crippen LogP contribution in [0, 0.1) is 0 Å². The van der Waals surface area contributed by atoms with Crippen LogP contribution in [0.15, 0.2) is 0 Å². The average molecular weight is 250 g/mol. The van der Waals surface area contributed by atoms with Gasteiger partial charge in [-0.2, -0.15) is 0 Å². The topological polar surface area (TPSA) is 71.1 Å². The van der Waals surface area contributed by atoms with Crippen molar-refractivity contribution in [1.82, 2.24) is 0 Å². The largest absolute Gasteiger partial charge is 0.469 e. The van der Waals surface area contributed by atoms with Crippen molar-refractivity contribution in [1.29, 1.82) is 0 Å². The molecule has 6 heteroatoms. The van der Waals surface area contributed by atoms with Crippen LogP contribution in [0.5, 0.6) is 0 Å². The summed E-state index contributed by atoms with van der Waals surface area (Å²) in [5.74, 6) is -0.425. The first-order valence-corrected chi connectivity index (χ1v) is 5.32. The number of rotatable bonds is 7. The van der Waals surface area contributed by atoms with Crippen LogP contribution in [0.4, 0.5) is 0 Å². The molecule has 0 N–H and O–H groups in total. The fraction of sp³-hybridized carbons (Fsp3) is 0.818. The summed E-state index contributed by atoms with van der Waals surface area (Å²) in [6.45, 7) is 3.11. The van der Waals surface area contributed by atoms with Gasteiger partial charge in [-0.25, -0.2) is 0 Å². The first-order chi connectivity index (χ1) is 8.12. The van der Waals surface area contributed by atoms with E-state index < -0.39 is 0 Å². The van der Waals surface area contributed by atoms with Crippen LogP contribution in [0.2, 0.25) is 0 Å². The Labute approximate surface area is 102 Å². The Bertz CT molecular complexity index is 192. The Morgan fingerprint density at radius 2 is 1.35 bits per heavy atom. The van der Waals surface area contributed by atoms with Crippen molar-refractivity contribution in [2.24, 2.45) is 0 Å². The number of esters is 2. The number of methoxy groups -OCH3 is 3. The molecule has 0 aliphatic carbocycles. The molecule has 0 aliphatic heterocycles. The van der Waals surface area contributed by atoms with Crippen molar-refractivity contribution >= 4 is 11.9 Å². The quantitative estimate of drug-likeness (QED) is 0.622. The van der Waals surface area contributed by atoms with Crippen molar-refractivity contribution in [2.45, 2.75) is 19.8 Å². The lowest BCUT2D eigenvalue weighted by Gasteiger charge is -1.98. The molecule has 0 amide bonds. The van der Waals surface area contributed by atoms with E-state index >= 15 is 0 Å². The molecule has 0 aromatic rings. The van der Waals surface area contributed by atoms with Crippen molar-refractivity contribution in [2.75, 3.05) is 41.2 Å². The summed E-state index contributed by atoms with van der Waals surface area (Å²) >= 11 is 0. The number of hydrogen-bond donors (Lipinski definition) is 0. The monoisotopic (exact) mass is 250 g/mol. The van der Waals surface area contributed by atoms with E-state index in [4.69, 9.17) is 0 Å². The lowest BCUT2D eigenvalue weighted by Crippen LogP contribution is -2.06. The fourth-order valence-corrected chi connectivity index (χ4v) is 0.706. The normalized spacial score (nSPS) is 8.94. The van der Waals surface area contributed by atoms with Crippen molar-refractivity contribution in [3.8, 4) is 0 Å². The van der Waals surface area contributed by atoms with Crippen LogP contribution in [-0.2, 0) is 28.5 Å². The zero-order chi connectivity index (χ0) is 13.5. The minimum absolute atomic E-state index is 0.195. The standard InChI is InChI=1S/C6H12O3.C5H10O3/c1-3-9-6(7)4-5-8-2;1-7-4-3-5(6)8-2/h3-5H2,1-2H3;3-4H2,1-2H3. The lowest BCUT2D eigenvalue weighted by molar-refractivity contribution is -0.144. The summed E-state index contributed by atoms with van der Waals surface area (Å²) in [6, 6.07) is 0. The predicted octanol–water partition coefficient (Wildman–Crippen LogP) is 0.782. The summed E-state index contributed by atoms with van der Waals surface area (Å²) in [5, 5.41) is 0. The van der Waals surface area contributed by atoms with Crippen LogP contribution >= 0.6 is 0 Å². The van der Waals surface area contributed by atoms with Gasteiger partial charge in [0.2, 0.25) is 0 Å². The third kappa shape index (κ3) is 17.5. The molecule has 0 aromatic carbocycles. The highest BCUT2D eigenvalue weighted by Gasteiger charge is 1.98. The molecule has 0 atom stereocenters. The molecular formula is C11H22O6. The van der Waals surface area contributed by atoms with E-state index in [1.54, 1.807) is 21.1 Å². The Morgan fingerprint density at radius 1 is 0.882 bits per heavy atom. The summed E-state index contributed by atoms with van der Waals surface area (Å²) < 4.78 is 18.2. The molecule has 0 fully saturated rings. The van der Waals surface area contributed by atoms with Crippen molar-refractivity contribution in [3.63, 3.8) is 0 Å². The van der Waals surface area contributed by atoms with Crippen molar-refractivity contribution in [3.05, 3.63) is 0 Å². The smallest absolute Gasteiger partial charge is 0.308 e. The molecule has 0 spiro atoms. The van der Waals surface area contributed by atoms with Crippen LogP contribution in [-0.4, -0.2) is 53.1 Å². The minimum Gasteiger partial charge on any atom is -0.469 e. The fourth-order valence-electron chi connectivity index (χ4n) is 0.706. The van der Waals surface area contributed by atoms with Gasteiger partial charge < -0.3 is 18.9 Å². The Morgan fingerprint density at radius 3 is 1.71 bits per heavy atom. The Balaban J connectivity index is 0. The molecule has 0 bridgehead atoms. The highest BCUT2D eigenvalue weighted by molar-refractivity contribution is 5.69. The van der Waals surface area contributed by atoms with Crippen molar-refractivity contribution < 1.29 is 28.5 Å². The zero-order valence-electron chi connectivity index (χ0n) is 11.0. The van der Waals surface area contributed by atoms with Gasteiger partial charge in [-0.1, -0.05) is 0 Å². The van der Waals surface area contributed by atoms with Gasteiger partial charge in [0.25, 0.3) is 0 Å². The number of carbonyl (C=O) groups is 2. The molecule has 17 heavy (non-hydrogen) atoms. The first kappa shape index (κ1) is 18.2. The van der Waals surface area contributed by atoms with Gasteiger partial charge in [0.05, 0.1) is 39.8 Å². The second-order valence-electron chi connectivity index (χ2n) is 2.87. The highest BCUT2D eigenvalue weighted by atomic mass is 16.5. The third-order valence-corrected chi connectivity index (χ3v) is 1.55. The van der Waals surface area contributed by atoms with Gasteiger partial charge in [-0.15, -0.1) is 0 Å². The van der Waals surface area contributed by atoms with E-state index in [2.05, 4.69) is 18.9 Å². The highest BCUT2D eigenvalue weighted by Crippen LogP contribution is 1.85. The SMILES string of the molecule is CCOC(=O)CCOC.COCCC(=O)OC. The third-order valence-electron chi connectivity index (χ3n) is 1.55. The van der Waals surface area contributed by atoms with Crippen LogP contribution in [0.3, 0.4) is 0 Å². The number of carbonyl (C=O) groups excluding carboxylic acids is 2. The van der Waals surface area contributed by atoms with E-state index in [1.807, 2.05) is 0 Å². The van der Waals surface area contributed by atoms with Gasteiger partial charge in [-0.05, 0) is 6.92 Å².